The number of benzene rings is 2. The van der Waals surface area contributed by atoms with E-state index < -0.39 is 5.82 Å². The van der Waals surface area contributed by atoms with Crippen molar-refractivity contribution in [1.29, 1.82) is 0 Å². The summed E-state index contributed by atoms with van der Waals surface area (Å²) >= 11 is 0. The van der Waals surface area contributed by atoms with Crippen molar-refractivity contribution in [2.24, 2.45) is 0 Å². The van der Waals surface area contributed by atoms with Crippen molar-refractivity contribution in [3.05, 3.63) is 54.3 Å². The summed E-state index contributed by atoms with van der Waals surface area (Å²) in [4.78, 5) is 0. The van der Waals surface area contributed by atoms with E-state index >= 15 is 0 Å². The first-order chi connectivity index (χ1) is 10.7. The molecule has 22 heavy (non-hydrogen) atoms. The Balaban J connectivity index is 1.96. The second-order valence-electron chi connectivity index (χ2n) is 4.63. The Morgan fingerprint density at radius 2 is 1.32 bits per heavy atom. The molecule has 0 saturated carbocycles. The number of aromatic nitrogens is 1. The lowest BCUT2D eigenvalue weighted by Crippen LogP contribution is -1.86. The highest BCUT2D eigenvalue weighted by molar-refractivity contribution is 5.68. The molecule has 0 radical (unpaired) electrons. The number of methoxy groups -OCH3 is 2. The maximum atomic E-state index is 14.6. The molecule has 3 rings (SSSR count). The van der Waals surface area contributed by atoms with Crippen LogP contribution in [0.2, 0.25) is 0 Å². The van der Waals surface area contributed by atoms with Gasteiger partial charge in [0.15, 0.2) is 5.82 Å². The van der Waals surface area contributed by atoms with E-state index in [9.17, 15) is 4.39 Å². The number of hydrogen-bond acceptors (Lipinski definition) is 4. The van der Waals surface area contributed by atoms with Crippen LogP contribution in [0.4, 0.5) is 4.39 Å². The summed E-state index contributed by atoms with van der Waals surface area (Å²) in [6, 6.07) is 13.9. The lowest BCUT2D eigenvalue weighted by atomic mass is 10.1. The molecular weight excluding hydrogens is 285 g/mol. The van der Waals surface area contributed by atoms with Gasteiger partial charge in [-0.15, -0.1) is 0 Å². The molecule has 112 valence electrons. The Bertz CT molecular complexity index is 699. The van der Waals surface area contributed by atoms with Crippen molar-refractivity contribution < 1.29 is 18.4 Å². The van der Waals surface area contributed by atoms with Gasteiger partial charge in [-0.2, -0.15) is 0 Å². The average Bonchev–Trinajstić information content (AvgIpc) is 2.96. The number of halogens is 1. The van der Waals surface area contributed by atoms with Crippen molar-refractivity contribution in [3.63, 3.8) is 0 Å². The summed E-state index contributed by atoms with van der Waals surface area (Å²) in [5, 5.41) is 3.84. The van der Waals surface area contributed by atoms with E-state index in [1.54, 1.807) is 62.8 Å². The molecule has 0 fully saturated rings. The summed E-state index contributed by atoms with van der Waals surface area (Å²) in [5.74, 6) is 1.01. The van der Waals surface area contributed by atoms with Gasteiger partial charge in [0, 0.05) is 11.1 Å². The quantitative estimate of drug-likeness (QED) is 0.725. The van der Waals surface area contributed by atoms with Gasteiger partial charge in [-0.05, 0) is 48.5 Å². The van der Waals surface area contributed by atoms with Crippen molar-refractivity contribution >= 4 is 0 Å². The van der Waals surface area contributed by atoms with Crippen LogP contribution in [0.25, 0.3) is 22.6 Å². The highest BCUT2D eigenvalue weighted by Gasteiger charge is 2.19. The highest BCUT2D eigenvalue weighted by atomic mass is 19.1. The maximum absolute atomic E-state index is 14.6. The zero-order valence-electron chi connectivity index (χ0n) is 12.2. The standard InChI is InChI=1S/C17H14FNO3/c1-20-13-7-3-11(4-8-13)16-15(18)17(22-19-16)12-5-9-14(21-2)10-6-12/h3-10H,1-2H3. The fourth-order valence-electron chi connectivity index (χ4n) is 2.13. The van der Waals surface area contributed by atoms with Gasteiger partial charge in [-0.3, -0.25) is 0 Å². The van der Waals surface area contributed by atoms with Gasteiger partial charge in [0.2, 0.25) is 5.76 Å². The normalized spacial score (nSPS) is 10.5. The van der Waals surface area contributed by atoms with E-state index in [-0.39, 0.29) is 11.5 Å². The molecule has 4 nitrogen and oxygen atoms in total. The third-order valence-corrected chi connectivity index (χ3v) is 3.35. The Kier molecular flexibility index (Phi) is 3.78. The first-order valence-electron chi connectivity index (χ1n) is 6.67. The van der Waals surface area contributed by atoms with E-state index in [0.717, 1.165) is 0 Å². The molecule has 1 aromatic heterocycles. The molecule has 0 atom stereocenters. The topological polar surface area (TPSA) is 44.5 Å². The van der Waals surface area contributed by atoms with Gasteiger partial charge in [-0.1, -0.05) is 5.16 Å². The van der Waals surface area contributed by atoms with Gasteiger partial charge in [0.05, 0.1) is 14.2 Å². The lowest BCUT2D eigenvalue weighted by Gasteiger charge is -2.01. The van der Waals surface area contributed by atoms with Crippen LogP contribution in [-0.4, -0.2) is 19.4 Å². The molecule has 3 aromatic rings. The number of ether oxygens (including phenoxy) is 2. The predicted molar refractivity (Wildman–Crippen MR) is 80.4 cm³/mol. The highest BCUT2D eigenvalue weighted by Crippen LogP contribution is 2.32. The van der Waals surface area contributed by atoms with Crippen molar-refractivity contribution in [3.8, 4) is 34.1 Å². The first kappa shape index (κ1) is 14.1. The predicted octanol–water partition coefficient (Wildman–Crippen LogP) is 4.16. The number of nitrogens with zero attached hydrogens (tertiary/aromatic N) is 1. The lowest BCUT2D eigenvalue weighted by molar-refractivity contribution is 0.414. The van der Waals surface area contributed by atoms with Crippen LogP contribution >= 0.6 is 0 Å². The molecule has 0 bridgehead atoms. The maximum Gasteiger partial charge on any atom is 0.203 e. The Morgan fingerprint density at radius 3 is 1.82 bits per heavy atom. The molecule has 5 heteroatoms. The number of rotatable bonds is 4. The average molecular weight is 299 g/mol. The van der Waals surface area contributed by atoms with Crippen LogP contribution in [-0.2, 0) is 0 Å². The molecule has 0 aliphatic carbocycles. The first-order valence-corrected chi connectivity index (χ1v) is 6.67. The summed E-state index contributed by atoms with van der Waals surface area (Å²) < 4.78 is 29.9. The Morgan fingerprint density at radius 1 is 0.818 bits per heavy atom. The molecule has 0 amide bonds. The Hall–Kier alpha value is -2.82. The molecule has 0 aliphatic heterocycles. The third kappa shape index (κ3) is 2.53. The minimum Gasteiger partial charge on any atom is -0.497 e. The van der Waals surface area contributed by atoms with E-state index in [4.69, 9.17) is 14.0 Å². The molecule has 0 aliphatic rings. The molecular formula is C17H14FNO3. The van der Waals surface area contributed by atoms with Gasteiger partial charge in [-0.25, -0.2) is 4.39 Å². The van der Waals surface area contributed by atoms with E-state index in [1.807, 2.05) is 0 Å². The zero-order valence-corrected chi connectivity index (χ0v) is 12.2. The van der Waals surface area contributed by atoms with Crippen LogP contribution in [0, 0.1) is 5.82 Å². The Labute approximate surface area is 127 Å². The molecule has 1 heterocycles. The van der Waals surface area contributed by atoms with Crippen LogP contribution in [0.15, 0.2) is 53.1 Å². The van der Waals surface area contributed by atoms with E-state index in [2.05, 4.69) is 5.16 Å². The van der Waals surface area contributed by atoms with Crippen molar-refractivity contribution in [2.45, 2.75) is 0 Å². The van der Waals surface area contributed by atoms with E-state index in [0.29, 0.717) is 22.6 Å². The van der Waals surface area contributed by atoms with Crippen LogP contribution in [0.5, 0.6) is 11.5 Å². The van der Waals surface area contributed by atoms with Crippen LogP contribution in [0.3, 0.4) is 0 Å². The minimum absolute atomic E-state index is 0.105. The third-order valence-electron chi connectivity index (χ3n) is 3.35. The van der Waals surface area contributed by atoms with Gasteiger partial charge in [0.25, 0.3) is 0 Å². The molecule has 0 N–H and O–H groups in total. The fraction of sp³-hybridized carbons (Fsp3) is 0.118. The summed E-state index contributed by atoms with van der Waals surface area (Å²) in [6.45, 7) is 0. The minimum atomic E-state index is -0.490. The van der Waals surface area contributed by atoms with Crippen molar-refractivity contribution in [1.82, 2.24) is 5.16 Å². The second-order valence-corrected chi connectivity index (χ2v) is 4.63. The smallest absolute Gasteiger partial charge is 0.203 e. The van der Waals surface area contributed by atoms with Crippen molar-refractivity contribution in [2.75, 3.05) is 14.2 Å². The zero-order chi connectivity index (χ0) is 15.5. The summed E-state index contributed by atoms with van der Waals surface area (Å²) in [6.07, 6.45) is 0. The van der Waals surface area contributed by atoms with E-state index in [1.165, 1.54) is 0 Å². The van der Waals surface area contributed by atoms with Gasteiger partial charge < -0.3 is 14.0 Å². The van der Waals surface area contributed by atoms with Gasteiger partial charge in [0.1, 0.15) is 17.2 Å². The number of hydrogen-bond donors (Lipinski definition) is 0. The SMILES string of the molecule is COc1ccc(-c2noc(-c3ccc(OC)cc3)c2F)cc1. The molecule has 0 saturated heterocycles. The fourth-order valence-corrected chi connectivity index (χ4v) is 2.13. The summed E-state index contributed by atoms with van der Waals surface area (Å²) in [5.41, 5.74) is 1.40. The molecule has 0 spiro atoms. The largest absolute Gasteiger partial charge is 0.497 e. The molecule has 0 unspecified atom stereocenters. The van der Waals surface area contributed by atoms with Gasteiger partial charge >= 0.3 is 0 Å². The monoisotopic (exact) mass is 299 g/mol. The summed E-state index contributed by atoms with van der Waals surface area (Å²) in [7, 11) is 3.15. The molecule has 2 aromatic carbocycles. The second kappa shape index (κ2) is 5.89. The van der Waals surface area contributed by atoms with Crippen LogP contribution < -0.4 is 9.47 Å². The van der Waals surface area contributed by atoms with Crippen LogP contribution in [0.1, 0.15) is 0 Å².